The molecule has 2 fully saturated rings. The molecule has 2 aliphatic rings. The topological polar surface area (TPSA) is 117 Å². The van der Waals surface area contributed by atoms with Crippen LogP contribution in [0.4, 0.5) is 16.6 Å². The summed E-state index contributed by atoms with van der Waals surface area (Å²) in [5.74, 6) is 2.87. The quantitative estimate of drug-likeness (QED) is 0.148. The highest BCUT2D eigenvalue weighted by Gasteiger charge is 2.29. The molecule has 1 saturated carbocycles. The van der Waals surface area contributed by atoms with E-state index in [0.29, 0.717) is 34.5 Å². The third kappa shape index (κ3) is 9.19. The summed E-state index contributed by atoms with van der Waals surface area (Å²) in [7, 11) is 3.21. The lowest BCUT2D eigenvalue weighted by molar-refractivity contribution is 0.0760. The van der Waals surface area contributed by atoms with Gasteiger partial charge in [-0.2, -0.15) is 4.98 Å². The number of benzene rings is 2. The van der Waals surface area contributed by atoms with Crippen molar-refractivity contribution in [2.75, 3.05) is 64.1 Å². The number of carbonyl (C=O) groups excluding carboxylic acids is 1. The number of amides is 2. The van der Waals surface area contributed by atoms with Crippen LogP contribution in [-0.4, -0.2) is 95.9 Å². The molecule has 0 spiro atoms. The monoisotopic (exact) mass is 680 g/mol. The Balaban J connectivity index is 1.04. The minimum Gasteiger partial charge on any atom is -0.497 e. The third-order valence-corrected chi connectivity index (χ3v) is 9.78. The summed E-state index contributed by atoms with van der Waals surface area (Å²) in [5, 5.41) is 10.0. The van der Waals surface area contributed by atoms with E-state index in [9.17, 15) is 4.79 Å². The number of rotatable bonds is 11. The fourth-order valence-electron chi connectivity index (χ4n) is 7.16. The van der Waals surface area contributed by atoms with Gasteiger partial charge in [-0.3, -0.25) is 10.2 Å². The van der Waals surface area contributed by atoms with Crippen LogP contribution < -0.4 is 25.4 Å². The van der Waals surface area contributed by atoms with Crippen LogP contribution in [-0.2, 0) is 0 Å². The Hall–Kier alpha value is -4.48. The summed E-state index contributed by atoms with van der Waals surface area (Å²) in [5.41, 5.74) is 3.05. The van der Waals surface area contributed by atoms with Crippen molar-refractivity contribution in [3.63, 3.8) is 0 Å². The van der Waals surface area contributed by atoms with Crippen molar-refractivity contribution in [3.8, 4) is 22.6 Å². The number of piperazine rings is 1. The van der Waals surface area contributed by atoms with Gasteiger partial charge in [-0.25, -0.2) is 14.8 Å². The molecule has 266 valence electrons. The summed E-state index contributed by atoms with van der Waals surface area (Å²) in [6.45, 7) is 12.1. The summed E-state index contributed by atoms with van der Waals surface area (Å²) in [6, 6.07) is 18.9. The van der Waals surface area contributed by atoms with E-state index in [-0.39, 0.29) is 6.03 Å². The molecule has 0 unspecified atom stereocenters. The maximum Gasteiger partial charge on any atom is 0.320 e. The highest BCUT2D eigenvalue weighted by molar-refractivity contribution is 5.96. The van der Waals surface area contributed by atoms with E-state index in [4.69, 9.17) is 19.4 Å². The van der Waals surface area contributed by atoms with Gasteiger partial charge in [-0.1, -0.05) is 30.3 Å². The molecule has 50 heavy (non-hydrogen) atoms. The molecule has 3 heterocycles. The molecule has 6 rings (SSSR count). The predicted octanol–water partition coefficient (Wildman–Crippen LogP) is 6.78. The number of methoxy groups -OCH3 is 2. The van der Waals surface area contributed by atoms with Crippen molar-refractivity contribution < 1.29 is 14.3 Å². The standard InChI is InChI=1S/C39H52N8O3/c1-39(2,3)45-38(48)44-36-34(29-22-32(49-4)25-33(23-29)50-5)24-30-26-41-37(43-35(30)42-36)40-16-9-17-46-18-20-47(21-19-46)31-14-12-28(13-15-31)27-10-7-6-8-11-27/h6-8,10-11,22-26,28,31H,9,12-21H2,1-5H3,(H3,40,41,42,43,44,45,48). The van der Waals surface area contributed by atoms with Crippen LogP contribution in [0.25, 0.3) is 22.2 Å². The van der Waals surface area contributed by atoms with Crippen LogP contribution in [0.15, 0.2) is 60.8 Å². The number of hydrogen-bond acceptors (Lipinski definition) is 9. The molecule has 0 atom stereocenters. The first-order valence-corrected chi connectivity index (χ1v) is 17.9. The number of urea groups is 1. The van der Waals surface area contributed by atoms with E-state index in [1.165, 1.54) is 31.2 Å². The molecule has 4 aromatic rings. The third-order valence-electron chi connectivity index (χ3n) is 9.78. The summed E-state index contributed by atoms with van der Waals surface area (Å²) in [4.78, 5) is 32.4. The van der Waals surface area contributed by atoms with Gasteiger partial charge in [0.1, 0.15) is 17.3 Å². The normalized spacial score (nSPS) is 18.8. The van der Waals surface area contributed by atoms with Gasteiger partial charge >= 0.3 is 6.03 Å². The van der Waals surface area contributed by atoms with Gasteiger partial charge < -0.3 is 25.0 Å². The van der Waals surface area contributed by atoms with Crippen molar-refractivity contribution >= 4 is 28.8 Å². The van der Waals surface area contributed by atoms with Crippen molar-refractivity contribution in [2.45, 2.75) is 70.4 Å². The lowest BCUT2D eigenvalue weighted by Crippen LogP contribution is -2.51. The number of anilines is 2. The first-order chi connectivity index (χ1) is 24.2. The largest absolute Gasteiger partial charge is 0.497 e. The molecule has 2 amide bonds. The lowest BCUT2D eigenvalue weighted by Gasteiger charge is -2.42. The van der Waals surface area contributed by atoms with E-state index in [0.717, 1.165) is 68.6 Å². The zero-order chi connectivity index (χ0) is 35.1. The Labute approximate surface area is 296 Å². The summed E-state index contributed by atoms with van der Waals surface area (Å²) in [6.07, 6.45) is 7.98. The molecular formula is C39H52N8O3. The molecular weight excluding hydrogens is 628 g/mol. The van der Waals surface area contributed by atoms with Crippen LogP contribution in [0, 0.1) is 0 Å². The fourth-order valence-corrected chi connectivity index (χ4v) is 7.16. The predicted molar refractivity (Wildman–Crippen MR) is 200 cm³/mol. The van der Waals surface area contributed by atoms with E-state index in [1.54, 1.807) is 26.5 Å². The minimum absolute atomic E-state index is 0.357. The van der Waals surface area contributed by atoms with Crippen LogP contribution in [0.3, 0.4) is 0 Å². The summed E-state index contributed by atoms with van der Waals surface area (Å²) < 4.78 is 11.0. The van der Waals surface area contributed by atoms with Crippen molar-refractivity contribution in [3.05, 3.63) is 66.4 Å². The Morgan fingerprint density at radius 1 is 0.900 bits per heavy atom. The molecule has 2 aromatic carbocycles. The first kappa shape index (κ1) is 35.3. The molecule has 1 saturated heterocycles. The second-order valence-electron chi connectivity index (χ2n) is 14.5. The van der Waals surface area contributed by atoms with Crippen LogP contribution in [0.2, 0.25) is 0 Å². The van der Waals surface area contributed by atoms with Gasteiger partial charge in [0.2, 0.25) is 5.95 Å². The van der Waals surface area contributed by atoms with E-state index in [1.807, 2.05) is 39.0 Å². The van der Waals surface area contributed by atoms with Crippen molar-refractivity contribution in [2.24, 2.45) is 0 Å². The maximum absolute atomic E-state index is 13.0. The van der Waals surface area contributed by atoms with Crippen LogP contribution >= 0.6 is 0 Å². The van der Waals surface area contributed by atoms with Gasteiger partial charge in [0.05, 0.1) is 14.2 Å². The molecule has 1 aliphatic heterocycles. The number of hydrogen-bond donors (Lipinski definition) is 3. The Morgan fingerprint density at radius 3 is 2.26 bits per heavy atom. The smallest absolute Gasteiger partial charge is 0.320 e. The molecule has 2 aromatic heterocycles. The number of nitrogens with zero attached hydrogens (tertiary/aromatic N) is 5. The van der Waals surface area contributed by atoms with Gasteiger partial charge in [-0.05, 0) is 94.7 Å². The highest BCUT2D eigenvalue weighted by atomic mass is 16.5. The fraction of sp³-hybridized carbons (Fsp3) is 0.487. The molecule has 11 nitrogen and oxygen atoms in total. The average molecular weight is 681 g/mol. The van der Waals surface area contributed by atoms with Gasteiger partial charge in [0.15, 0.2) is 5.65 Å². The van der Waals surface area contributed by atoms with E-state index in [2.05, 4.69) is 61.1 Å². The Bertz CT molecular complexity index is 1710. The number of ether oxygens (including phenoxy) is 2. The first-order valence-electron chi connectivity index (χ1n) is 17.9. The maximum atomic E-state index is 13.0. The molecule has 11 heteroatoms. The van der Waals surface area contributed by atoms with E-state index < -0.39 is 5.54 Å². The number of carbonyl (C=O) groups is 1. The van der Waals surface area contributed by atoms with Gasteiger partial charge in [0.25, 0.3) is 0 Å². The molecule has 1 aliphatic carbocycles. The van der Waals surface area contributed by atoms with Crippen LogP contribution in [0.5, 0.6) is 11.5 Å². The van der Waals surface area contributed by atoms with Crippen molar-refractivity contribution in [1.82, 2.24) is 30.1 Å². The van der Waals surface area contributed by atoms with Crippen molar-refractivity contribution in [1.29, 1.82) is 0 Å². The Morgan fingerprint density at radius 2 is 1.60 bits per heavy atom. The minimum atomic E-state index is -0.421. The van der Waals surface area contributed by atoms with E-state index >= 15 is 0 Å². The van der Waals surface area contributed by atoms with Crippen LogP contribution in [0.1, 0.15) is 64.4 Å². The average Bonchev–Trinajstić information content (AvgIpc) is 3.12. The lowest BCUT2D eigenvalue weighted by atomic mass is 9.81. The van der Waals surface area contributed by atoms with Gasteiger partial charge in [0, 0.05) is 67.5 Å². The number of nitrogens with one attached hydrogen (secondary N) is 3. The SMILES string of the molecule is COc1cc(OC)cc(-c2cc3cnc(NCCCN4CCN(C5CCC(c6ccccc6)CC5)CC4)nc3nc2NC(=O)NC(C)(C)C)c1. The number of fused-ring (bicyclic) bond motifs is 1. The zero-order valence-electron chi connectivity index (χ0n) is 30.2. The number of aromatic nitrogens is 3. The molecule has 0 bridgehead atoms. The molecule has 3 N–H and O–H groups in total. The van der Waals surface area contributed by atoms with Gasteiger partial charge in [-0.15, -0.1) is 0 Å². The highest BCUT2D eigenvalue weighted by Crippen LogP contribution is 2.36. The molecule has 0 radical (unpaired) electrons. The summed E-state index contributed by atoms with van der Waals surface area (Å²) >= 11 is 0. The second kappa shape index (κ2) is 16.0. The second-order valence-corrected chi connectivity index (χ2v) is 14.5. The zero-order valence-corrected chi connectivity index (χ0v) is 30.2. The number of pyridine rings is 1. The Kier molecular flexibility index (Phi) is 11.3.